The van der Waals surface area contributed by atoms with E-state index in [2.05, 4.69) is 121 Å². The molecule has 0 N–H and O–H groups in total. The Kier molecular flexibility index (Phi) is 13.9. The Morgan fingerprint density at radius 1 is 0.707 bits per heavy atom. The summed E-state index contributed by atoms with van der Waals surface area (Å²) < 4.78 is 50.7. The zero-order chi connectivity index (χ0) is 53.9. The third kappa shape index (κ3) is 10.6. The average Bonchev–Trinajstić information content (AvgIpc) is 4.22. The van der Waals surface area contributed by atoms with Gasteiger partial charge in [-0.2, -0.15) is 0 Å². The number of halogens is 1. The zero-order valence-electron chi connectivity index (χ0n) is 47.3. The van der Waals surface area contributed by atoms with E-state index in [0.29, 0.717) is 16.8 Å². The van der Waals surface area contributed by atoms with Crippen LogP contribution in [0, 0.1) is 23.4 Å². The van der Waals surface area contributed by atoms with Crippen LogP contribution >= 0.6 is 0 Å². The third-order valence-corrected chi connectivity index (χ3v) is 15.9. The molecule has 1 spiro atoms. The fourth-order valence-corrected chi connectivity index (χ4v) is 11.6. The van der Waals surface area contributed by atoms with Gasteiger partial charge in [-0.05, 0) is 154 Å². The summed E-state index contributed by atoms with van der Waals surface area (Å²) in [6.07, 6.45) is 12.7. The summed E-state index contributed by atoms with van der Waals surface area (Å²) in [7, 11) is 0. The van der Waals surface area contributed by atoms with Crippen LogP contribution in [-0.2, 0) is 25.5 Å². The zero-order valence-corrected chi connectivity index (χ0v) is 46.7. The molecule has 3 heterocycles. The molecule has 2 fully saturated rings. The third-order valence-electron chi connectivity index (χ3n) is 15.9. The first-order chi connectivity index (χ1) is 36.8. The van der Waals surface area contributed by atoms with Crippen LogP contribution in [0.3, 0.4) is 0 Å². The summed E-state index contributed by atoms with van der Waals surface area (Å²) in [4.78, 5) is 9.59. The molecule has 2 saturated carbocycles. The van der Waals surface area contributed by atoms with Crippen LogP contribution < -0.4 is 0 Å². The Morgan fingerprint density at radius 2 is 1.39 bits per heavy atom. The molecule has 0 aliphatic heterocycles. The topological polar surface area (TPSA) is 43.9 Å². The quantitative estimate of drug-likeness (QED) is 0.142. The van der Waals surface area contributed by atoms with Gasteiger partial charge in [-0.25, -0.2) is 0 Å². The van der Waals surface area contributed by atoms with Gasteiger partial charge < -0.3 is 14.0 Å². The van der Waals surface area contributed by atoms with E-state index in [0.717, 1.165) is 115 Å². The second kappa shape index (κ2) is 21.6. The SMILES string of the molecule is CC(C)(C)c1ccnc(-c2[c-]cc(F)cc2)c1.[2H]C(C)(C)c1cc(-c2ccc(C3([2H])CCC4(CCCCC4)CC3)cc2)cc(C([2H])(C)C)c1-n1c(-c2[c-]ccc3c2oc2cc(-c4ccccc4)ccc23)nc2ccccc21.[Ir]. The molecule has 7 aromatic carbocycles. The number of para-hydroxylation sites is 2. The van der Waals surface area contributed by atoms with Gasteiger partial charge in [0.25, 0.3) is 0 Å². The summed E-state index contributed by atoms with van der Waals surface area (Å²) in [5, 5.41) is 2.00. The minimum atomic E-state index is -1.04. The average molecular weight is 1170 g/mol. The van der Waals surface area contributed by atoms with Crippen molar-refractivity contribution in [2.24, 2.45) is 5.41 Å². The van der Waals surface area contributed by atoms with Crippen molar-refractivity contribution in [3.8, 4) is 50.6 Å². The molecular weight excluding hydrogens is 1100 g/mol. The van der Waals surface area contributed by atoms with Crippen LogP contribution in [0.2, 0.25) is 0 Å². The number of benzene rings is 7. The van der Waals surface area contributed by atoms with Gasteiger partial charge in [0.2, 0.25) is 0 Å². The van der Waals surface area contributed by atoms with Gasteiger partial charge in [0.15, 0.2) is 0 Å². The smallest absolute Gasteiger partial charge is 0.121 e. The molecule has 12 rings (SSSR count). The van der Waals surface area contributed by atoms with Crippen molar-refractivity contribution in [2.75, 3.05) is 0 Å². The van der Waals surface area contributed by atoms with Crippen molar-refractivity contribution in [2.45, 2.75) is 129 Å². The second-order valence-electron chi connectivity index (χ2n) is 22.3. The van der Waals surface area contributed by atoms with Gasteiger partial charge in [-0.1, -0.05) is 164 Å². The van der Waals surface area contributed by atoms with Gasteiger partial charge >= 0.3 is 0 Å². The predicted molar refractivity (Wildman–Crippen MR) is 306 cm³/mol. The molecule has 10 aromatic rings. The van der Waals surface area contributed by atoms with Crippen molar-refractivity contribution in [1.29, 1.82) is 0 Å². The summed E-state index contributed by atoms with van der Waals surface area (Å²) >= 11 is 0. The van der Waals surface area contributed by atoms with Crippen LogP contribution in [0.25, 0.3) is 83.6 Å². The number of furan rings is 1. The Morgan fingerprint density at radius 3 is 2.07 bits per heavy atom. The first-order valence-electron chi connectivity index (χ1n) is 28.1. The molecule has 6 heteroatoms. The molecule has 1 radical (unpaired) electrons. The second-order valence-corrected chi connectivity index (χ2v) is 22.3. The van der Waals surface area contributed by atoms with E-state index in [9.17, 15) is 8.50 Å². The van der Waals surface area contributed by atoms with Crippen molar-refractivity contribution in [3.63, 3.8) is 0 Å². The number of imidazole rings is 1. The summed E-state index contributed by atoms with van der Waals surface area (Å²) in [5.74, 6) is -2.27. The number of aromatic nitrogens is 3. The Balaban J connectivity index is 0.000000327. The van der Waals surface area contributed by atoms with E-state index >= 15 is 0 Å². The Hall–Kier alpha value is -6.46. The van der Waals surface area contributed by atoms with Gasteiger partial charge in [0.1, 0.15) is 5.58 Å². The van der Waals surface area contributed by atoms with Crippen molar-refractivity contribution >= 4 is 33.0 Å². The summed E-state index contributed by atoms with van der Waals surface area (Å²) in [6, 6.07) is 56.7. The minimum absolute atomic E-state index is 0. The van der Waals surface area contributed by atoms with Gasteiger partial charge in [-0.15, -0.1) is 48.0 Å². The van der Waals surface area contributed by atoms with E-state index in [-0.39, 0.29) is 31.3 Å². The van der Waals surface area contributed by atoms with Crippen molar-refractivity contribution < 1.29 is 33.0 Å². The maximum atomic E-state index is 12.8. The standard InChI is InChI=1S/C54H53N2O.C15H15FN.Ir/c1-35(2)46-32-42(39-22-20-38(21-23-39)40-26-30-54(31-27-40)28-11-6-12-29-54)33-47(36(3)4)51(46)56-49-19-10-9-18-48(49)55-53(56)45-17-13-16-44-43-25-24-41(34-50(43)57-52(44)45)37-14-7-5-8-15-37;1-15(2,3)12-8-9-17-14(10-12)11-4-6-13(16)7-5-11;/h5,7-10,13-16,18-25,32-36,40H,6,11-12,26-31H2,1-4H3;4,6-10H,1-3H3;/q2*-1;/i35D,36D,40D;;. The van der Waals surface area contributed by atoms with Crippen LogP contribution in [0.5, 0.6) is 0 Å². The normalized spacial score (nSPS) is 16.2. The number of fused-ring (bicyclic) bond motifs is 4. The van der Waals surface area contributed by atoms with E-state index in [1.807, 2.05) is 82.3 Å². The molecule has 0 amide bonds. The molecule has 2 aliphatic rings. The number of hydrogen-bond donors (Lipinski definition) is 0. The van der Waals surface area contributed by atoms with Gasteiger partial charge in [-0.3, -0.25) is 9.37 Å². The number of hydrogen-bond acceptors (Lipinski definition) is 3. The molecule has 0 bridgehead atoms. The Bertz CT molecular complexity index is 3720. The number of rotatable bonds is 8. The Labute approximate surface area is 461 Å². The molecule has 0 unspecified atom stereocenters. The summed E-state index contributed by atoms with van der Waals surface area (Å²) in [5.41, 5.74) is 15.0. The molecule has 4 nitrogen and oxygen atoms in total. The van der Waals surface area contributed by atoms with Crippen LogP contribution in [0.4, 0.5) is 4.39 Å². The molecule has 3 aromatic heterocycles. The van der Waals surface area contributed by atoms with Gasteiger partial charge in [0, 0.05) is 47.3 Å². The van der Waals surface area contributed by atoms with Crippen molar-refractivity contribution in [1.82, 2.24) is 14.5 Å². The molecule has 0 saturated heterocycles. The molecule has 75 heavy (non-hydrogen) atoms. The van der Waals surface area contributed by atoms with E-state index < -0.39 is 17.7 Å². The molecular formula is C69H68FIrN3O-2. The fourth-order valence-electron chi connectivity index (χ4n) is 11.6. The first-order valence-corrected chi connectivity index (χ1v) is 26.6. The fraction of sp³-hybridized carbons (Fsp3) is 0.304. The maximum absolute atomic E-state index is 12.8. The summed E-state index contributed by atoms with van der Waals surface area (Å²) in [6.45, 7) is 14.2. The monoisotopic (exact) mass is 1170 g/mol. The molecule has 2 aliphatic carbocycles. The van der Waals surface area contributed by atoms with E-state index in [4.69, 9.17) is 9.40 Å². The van der Waals surface area contributed by atoms with Gasteiger partial charge in [0.05, 0.1) is 22.4 Å². The van der Waals surface area contributed by atoms with Crippen LogP contribution in [0.1, 0.15) is 150 Å². The van der Waals surface area contributed by atoms with Crippen LogP contribution in [-0.4, -0.2) is 14.5 Å². The van der Waals surface area contributed by atoms with Crippen LogP contribution in [0.15, 0.2) is 162 Å². The molecule has 0 atom stereocenters. The van der Waals surface area contributed by atoms with E-state index in [1.165, 1.54) is 49.8 Å². The largest absolute Gasteiger partial charge is 0.501 e. The first kappa shape index (κ1) is 48.2. The van der Waals surface area contributed by atoms with Crippen molar-refractivity contribution in [3.05, 3.63) is 198 Å². The molecule has 383 valence electrons. The number of pyridine rings is 1. The predicted octanol–water partition coefficient (Wildman–Crippen LogP) is 19.6. The number of nitrogens with zero attached hydrogens (tertiary/aromatic N) is 3. The maximum Gasteiger partial charge on any atom is 0.121 e. The van der Waals surface area contributed by atoms with E-state index in [1.54, 1.807) is 12.3 Å². The minimum Gasteiger partial charge on any atom is -0.501 e.